The van der Waals surface area contributed by atoms with Crippen LogP contribution >= 0.6 is 9.90 Å². The zero-order valence-electron chi connectivity index (χ0n) is 2.85. The summed E-state index contributed by atoms with van der Waals surface area (Å²) in [6, 6.07) is 0. The van der Waals surface area contributed by atoms with Crippen LogP contribution in [0.2, 0.25) is 0 Å². The van der Waals surface area contributed by atoms with Crippen LogP contribution in [0, 0.1) is 6.48 Å². The van der Waals surface area contributed by atoms with E-state index in [-0.39, 0.29) is 32.3 Å². The monoisotopic (exact) mass is 294 g/mol. The maximum Gasteiger partial charge on any atom is 1.00 e. The van der Waals surface area contributed by atoms with Crippen molar-refractivity contribution in [2.75, 3.05) is 0 Å². The third-order valence-corrected chi connectivity index (χ3v) is 0. The summed E-state index contributed by atoms with van der Waals surface area (Å²) in [6.45, 7) is -1.58. The first kappa shape index (κ1) is 15.7. The van der Waals surface area contributed by atoms with E-state index in [2.05, 4.69) is 0 Å². The van der Waals surface area contributed by atoms with Crippen LogP contribution in [0.25, 0.3) is 0 Å². The molecule has 0 aliphatic carbocycles. The molecule has 3 N–H and O–H groups in total. The van der Waals surface area contributed by atoms with E-state index >= 15 is 0 Å². The Morgan fingerprint density at radius 3 is 1.00 bits per heavy atom. The van der Waals surface area contributed by atoms with E-state index in [0.717, 1.165) is 0 Å². The van der Waals surface area contributed by atoms with Gasteiger partial charge in [-0.2, -0.15) is 9.90 Å². The van der Waals surface area contributed by atoms with Gasteiger partial charge in [0.15, 0.2) is 0 Å². The Morgan fingerprint density at radius 1 is 1.00 bits per heavy atom. The second kappa shape index (κ2) is 9.41. The molecule has 0 aliphatic rings. The summed E-state index contributed by atoms with van der Waals surface area (Å²) >= 11 is 0. The maximum absolute atomic E-state index is 7.08. The van der Waals surface area contributed by atoms with E-state index in [9.17, 15) is 0 Å². The predicted octanol–water partition coefficient (Wildman–Crippen LogP) is -0.394. The molecule has 0 aromatic rings. The van der Waals surface area contributed by atoms with Crippen LogP contribution in [-0.4, -0.2) is 15.3 Å². The van der Waals surface area contributed by atoms with Gasteiger partial charge in [0.2, 0.25) is 0 Å². The summed E-state index contributed by atoms with van der Waals surface area (Å²) < 4.78 is 0. The molecule has 0 spiro atoms. The number of hydrogen-bond donors (Lipinski definition) is 3. The summed E-state index contributed by atoms with van der Waals surface area (Å²) in [5, 5.41) is 21.2. The largest absolute Gasteiger partial charge is 1.00 e. The molecule has 0 radical (unpaired) electrons. The van der Waals surface area contributed by atoms with Gasteiger partial charge in [-0.1, -0.05) is 0 Å². The van der Waals surface area contributed by atoms with Crippen LogP contribution in [0.3, 0.4) is 0 Å². The van der Waals surface area contributed by atoms with Crippen LogP contribution in [0.5, 0.6) is 0 Å². The van der Waals surface area contributed by atoms with Crippen molar-refractivity contribution in [1.29, 1.82) is 0 Å². The molecule has 0 saturated heterocycles. The Labute approximate surface area is 54.5 Å². The second-order valence-electron chi connectivity index (χ2n) is 0.300. The van der Waals surface area contributed by atoms with Crippen molar-refractivity contribution in [3.63, 3.8) is 0 Å². The fraction of sp³-hybridized carbons (Fsp3) is 0. The number of aliphatic hydroxyl groups excluding tert-OH is 1. The van der Waals surface area contributed by atoms with Crippen LogP contribution in [0.4, 0.5) is 0 Å². The summed E-state index contributed by atoms with van der Waals surface area (Å²) in [7, 11) is 0. The minimum absolute atomic E-state index is 0. The van der Waals surface area contributed by atoms with Gasteiger partial charge in [0.05, 0.1) is 0 Å². The Morgan fingerprint density at radius 2 is 1.00 bits per heavy atom. The van der Waals surface area contributed by atoms with Gasteiger partial charge in [0.25, 0.3) is 0 Å². The van der Waals surface area contributed by atoms with E-state index in [1.165, 1.54) is 0 Å². The quantitative estimate of drug-likeness (QED) is 0.324. The molecule has 0 rings (SSSR count). The van der Waals surface area contributed by atoms with E-state index in [1.54, 1.807) is 0 Å². The third kappa shape index (κ3) is 75.1. The molecule has 0 bridgehead atoms. The summed E-state index contributed by atoms with van der Waals surface area (Å²) in [6.07, 6.45) is 0. The summed E-state index contributed by atoms with van der Waals surface area (Å²) in [5.41, 5.74) is 0. The van der Waals surface area contributed by atoms with Gasteiger partial charge in [-0.15, -0.1) is 0 Å². The number of rotatable bonds is 0. The predicted molar refractivity (Wildman–Crippen MR) is 20.2 cm³/mol. The second-order valence-corrected chi connectivity index (χ2v) is 0.300. The van der Waals surface area contributed by atoms with E-state index in [1.807, 2.05) is 0 Å². The molecule has 0 heterocycles. The van der Waals surface area contributed by atoms with Gasteiger partial charge in [-0.3, -0.25) is 0 Å². The molecule has 1 atom stereocenters. The zero-order chi connectivity index (χ0) is 3.58. The van der Waals surface area contributed by atoms with Crippen molar-refractivity contribution in [2.45, 2.75) is 0 Å². The molecule has 0 aromatic heterocycles. The first-order valence-corrected chi connectivity index (χ1v) is 0.671. The van der Waals surface area contributed by atoms with Gasteiger partial charge < -0.3 is 15.3 Å². The average Bonchev–Trinajstić information content (AvgIpc) is 0.811. The molecule has 3 nitrogen and oxygen atoms in total. The van der Waals surface area contributed by atoms with Crippen molar-refractivity contribution < 1.29 is 37.7 Å². The average molecular weight is 294 g/mol. The molecule has 0 fully saturated rings. The molecule has 6 heavy (non-hydrogen) atoms. The fourth-order valence-electron chi connectivity index (χ4n) is 0. The zero-order valence-corrected chi connectivity index (χ0v) is 6.43. The van der Waals surface area contributed by atoms with Crippen LogP contribution in [-0.2, 0) is 22.4 Å². The minimum Gasteiger partial charge on any atom is -0.511 e. The van der Waals surface area contributed by atoms with Crippen molar-refractivity contribution in [2.24, 2.45) is 0 Å². The standard InChI is InChI=1S/CH3O3.Au.H3P/c2-1(3)4;;/h2-4H;;1H3/q-1;+1;. The summed E-state index contributed by atoms with van der Waals surface area (Å²) in [4.78, 5) is 0. The molecular weight excluding hydrogens is 288 g/mol. The van der Waals surface area contributed by atoms with Gasteiger partial charge >= 0.3 is 22.4 Å². The Balaban J connectivity index is -0.0000000450. The molecule has 44 valence electrons. The van der Waals surface area contributed by atoms with Crippen LogP contribution in [0.15, 0.2) is 0 Å². The molecular formula is CH6AuO3P. The Hall–Kier alpha value is 1.05. The van der Waals surface area contributed by atoms with E-state index < -0.39 is 6.48 Å². The van der Waals surface area contributed by atoms with Crippen LogP contribution in [0.1, 0.15) is 0 Å². The molecule has 1 unspecified atom stereocenters. The van der Waals surface area contributed by atoms with Crippen molar-refractivity contribution >= 4 is 9.90 Å². The van der Waals surface area contributed by atoms with Crippen LogP contribution < -0.4 is 0 Å². The first-order valence-electron chi connectivity index (χ1n) is 0.671. The van der Waals surface area contributed by atoms with Gasteiger partial charge in [-0.05, 0) is 0 Å². The normalized spacial score (nSPS) is 6.00. The number of hydrogen-bond acceptors (Lipinski definition) is 3. The topological polar surface area (TPSA) is 60.7 Å². The first-order chi connectivity index (χ1) is 1.73. The summed E-state index contributed by atoms with van der Waals surface area (Å²) in [5.74, 6) is 0. The van der Waals surface area contributed by atoms with Gasteiger partial charge in [0, 0.05) is 6.48 Å². The molecule has 0 saturated carbocycles. The van der Waals surface area contributed by atoms with E-state index in [0.29, 0.717) is 0 Å². The van der Waals surface area contributed by atoms with E-state index in [4.69, 9.17) is 15.3 Å². The third-order valence-electron chi connectivity index (χ3n) is 0. The van der Waals surface area contributed by atoms with Gasteiger partial charge in [-0.25, -0.2) is 0 Å². The Kier molecular flexibility index (Phi) is 24.7. The smallest absolute Gasteiger partial charge is 0.511 e. The molecule has 0 aromatic carbocycles. The van der Waals surface area contributed by atoms with Crippen molar-refractivity contribution in [3.05, 3.63) is 6.48 Å². The minimum atomic E-state index is -1.58. The van der Waals surface area contributed by atoms with Gasteiger partial charge in [0.1, 0.15) is 0 Å². The molecule has 0 aliphatic heterocycles. The van der Waals surface area contributed by atoms with Crippen molar-refractivity contribution in [1.82, 2.24) is 0 Å². The van der Waals surface area contributed by atoms with Crippen molar-refractivity contribution in [3.8, 4) is 0 Å². The molecule has 0 amide bonds. The number of aliphatic hydroxyl groups is 3. The molecule has 5 heteroatoms. The maximum atomic E-state index is 7.08. The Bertz CT molecular complexity index is 15.5. The fourth-order valence-corrected chi connectivity index (χ4v) is 0. The SMILES string of the molecule is O[C-](O)O.P.[Au+].